The molecule has 1 aliphatic rings. The molecule has 0 spiro atoms. The number of ketones is 1. The van der Waals surface area contributed by atoms with Crippen LogP contribution in [0.3, 0.4) is 0 Å². The van der Waals surface area contributed by atoms with Crippen molar-refractivity contribution in [1.82, 2.24) is 4.90 Å². The minimum Gasteiger partial charge on any atom is -0.296 e. The zero-order valence-electron chi connectivity index (χ0n) is 9.75. The van der Waals surface area contributed by atoms with Gasteiger partial charge in [-0.05, 0) is 38.1 Å². The third-order valence-corrected chi connectivity index (χ3v) is 3.32. The monoisotopic (exact) mass is 239 g/mol. The second kappa shape index (κ2) is 4.92. The van der Waals surface area contributed by atoms with Crippen LogP contribution in [0.2, 0.25) is 0 Å². The molecule has 1 aromatic carbocycles. The first-order valence-corrected chi connectivity index (χ1v) is 5.76. The summed E-state index contributed by atoms with van der Waals surface area (Å²) in [5, 5.41) is 0. The first-order chi connectivity index (χ1) is 8.08. The molecule has 1 saturated carbocycles. The van der Waals surface area contributed by atoms with Gasteiger partial charge in [0.05, 0.1) is 12.1 Å². The number of hydrogen-bond donors (Lipinski definition) is 0. The molecule has 2 nitrogen and oxygen atoms in total. The predicted octanol–water partition coefficient (Wildman–Crippen LogP) is 2.63. The molecule has 0 aliphatic heterocycles. The second-order valence-corrected chi connectivity index (χ2v) is 4.55. The predicted molar refractivity (Wildman–Crippen MR) is 61.0 cm³/mol. The molecule has 1 fully saturated rings. The molecule has 0 heterocycles. The van der Waals surface area contributed by atoms with E-state index in [0.717, 1.165) is 31.0 Å². The van der Waals surface area contributed by atoms with Crippen molar-refractivity contribution in [3.05, 3.63) is 35.4 Å². The first-order valence-electron chi connectivity index (χ1n) is 5.76. The number of likely N-dealkylation sites (N-methyl/N-ethyl adjacent to an activating group) is 1. The highest BCUT2D eigenvalue weighted by molar-refractivity contribution is 5.97. The number of halogens is 2. The van der Waals surface area contributed by atoms with Gasteiger partial charge in [-0.1, -0.05) is 6.42 Å². The largest absolute Gasteiger partial charge is 0.296 e. The van der Waals surface area contributed by atoms with Gasteiger partial charge in [0.15, 0.2) is 5.78 Å². The molecule has 92 valence electrons. The maximum atomic E-state index is 13.4. The molecule has 1 aliphatic carbocycles. The van der Waals surface area contributed by atoms with E-state index in [1.165, 1.54) is 6.42 Å². The summed E-state index contributed by atoms with van der Waals surface area (Å²) in [6.07, 6.45) is 3.34. The number of nitrogens with zero attached hydrogens (tertiary/aromatic N) is 1. The fourth-order valence-corrected chi connectivity index (χ4v) is 1.98. The molecule has 0 amide bonds. The fourth-order valence-electron chi connectivity index (χ4n) is 1.98. The van der Waals surface area contributed by atoms with Gasteiger partial charge in [0.1, 0.15) is 11.6 Å². The van der Waals surface area contributed by atoms with Crippen LogP contribution in [0.15, 0.2) is 18.2 Å². The van der Waals surface area contributed by atoms with Gasteiger partial charge >= 0.3 is 0 Å². The van der Waals surface area contributed by atoms with Crippen molar-refractivity contribution in [3.63, 3.8) is 0 Å². The van der Waals surface area contributed by atoms with Gasteiger partial charge in [-0.2, -0.15) is 0 Å². The van der Waals surface area contributed by atoms with E-state index in [2.05, 4.69) is 0 Å². The van der Waals surface area contributed by atoms with Crippen molar-refractivity contribution < 1.29 is 13.6 Å². The summed E-state index contributed by atoms with van der Waals surface area (Å²) < 4.78 is 26.3. The minimum atomic E-state index is -0.654. The number of carbonyl (C=O) groups is 1. The van der Waals surface area contributed by atoms with Gasteiger partial charge < -0.3 is 0 Å². The quantitative estimate of drug-likeness (QED) is 0.753. The van der Waals surface area contributed by atoms with Crippen molar-refractivity contribution in [3.8, 4) is 0 Å². The zero-order chi connectivity index (χ0) is 12.4. The molecule has 0 aromatic heterocycles. The van der Waals surface area contributed by atoms with Crippen LogP contribution < -0.4 is 0 Å². The second-order valence-electron chi connectivity index (χ2n) is 4.55. The Kier molecular flexibility index (Phi) is 3.52. The van der Waals surface area contributed by atoms with Crippen molar-refractivity contribution >= 4 is 5.78 Å². The molecule has 0 saturated heterocycles. The van der Waals surface area contributed by atoms with Gasteiger partial charge in [-0.15, -0.1) is 0 Å². The van der Waals surface area contributed by atoms with E-state index in [-0.39, 0.29) is 17.9 Å². The molecule has 0 bridgehead atoms. The van der Waals surface area contributed by atoms with Crippen LogP contribution >= 0.6 is 0 Å². The highest BCUT2D eigenvalue weighted by atomic mass is 19.1. The topological polar surface area (TPSA) is 20.3 Å². The molecule has 0 unspecified atom stereocenters. The molecule has 4 heteroatoms. The summed E-state index contributed by atoms with van der Waals surface area (Å²) in [7, 11) is 1.85. The summed E-state index contributed by atoms with van der Waals surface area (Å²) in [6, 6.07) is 3.38. The Morgan fingerprint density at radius 3 is 2.71 bits per heavy atom. The van der Waals surface area contributed by atoms with E-state index < -0.39 is 11.6 Å². The van der Waals surface area contributed by atoms with E-state index in [1.807, 2.05) is 11.9 Å². The number of hydrogen-bond acceptors (Lipinski definition) is 2. The van der Waals surface area contributed by atoms with Crippen LogP contribution in [0.4, 0.5) is 8.78 Å². The Labute approximate surface area is 99.2 Å². The SMILES string of the molecule is CN(CC(=O)c1cc(F)ccc1F)C1CCC1. The number of carbonyl (C=O) groups excluding carboxylic acids is 1. The summed E-state index contributed by atoms with van der Waals surface area (Å²) in [4.78, 5) is 13.7. The van der Waals surface area contributed by atoms with Crippen LogP contribution in [0.5, 0.6) is 0 Å². The highest BCUT2D eigenvalue weighted by Gasteiger charge is 2.24. The normalized spacial score (nSPS) is 16.0. The van der Waals surface area contributed by atoms with Gasteiger partial charge in [0, 0.05) is 6.04 Å². The van der Waals surface area contributed by atoms with Crippen molar-refractivity contribution in [1.29, 1.82) is 0 Å². The highest BCUT2D eigenvalue weighted by Crippen LogP contribution is 2.23. The Balaban J connectivity index is 2.05. The summed E-state index contributed by atoms with van der Waals surface area (Å²) in [5.41, 5.74) is -0.156. The van der Waals surface area contributed by atoms with E-state index >= 15 is 0 Å². The Hall–Kier alpha value is -1.29. The Morgan fingerprint density at radius 2 is 2.12 bits per heavy atom. The summed E-state index contributed by atoms with van der Waals surface area (Å²) in [5.74, 6) is -1.60. The molecule has 2 rings (SSSR count). The van der Waals surface area contributed by atoms with E-state index in [9.17, 15) is 13.6 Å². The van der Waals surface area contributed by atoms with Crippen LogP contribution in [0.1, 0.15) is 29.6 Å². The molecule has 0 radical (unpaired) electrons. The third-order valence-electron chi connectivity index (χ3n) is 3.32. The lowest BCUT2D eigenvalue weighted by atomic mass is 9.91. The standard InChI is InChI=1S/C13H15F2NO/c1-16(10-3-2-4-10)8-13(17)11-7-9(14)5-6-12(11)15/h5-7,10H,2-4,8H2,1H3. The van der Waals surface area contributed by atoms with E-state index in [0.29, 0.717) is 6.04 Å². The first kappa shape index (κ1) is 12.2. The number of rotatable bonds is 4. The lowest BCUT2D eigenvalue weighted by Crippen LogP contribution is -2.40. The summed E-state index contributed by atoms with van der Waals surface area (Å²) in [6.45, 7) is 0.144. The molecule has 17 heavy (non-hydrogen) atoms. The van der Waals surface area contributed by atoms with Gasteiger partial charge in [0.25, 0.3) is 0 Å². The molecule has 0 atom stereocenters. The smallest absolute Gasteiger partial charge is 0.179 e. The van der Waals surface area contributed by atoms with Crippen LogP contribution in [-0.4, -0.2) is 30.3 Å². The lowest BCUT2D eigenvalue weighted by molar-refractivity contribution is 0.0866. The Bertz CT molecular complexity index is 429. The van der Waals surface area contributed by atoms with E-state index in [4.69, 9.17) is 0 Å². The van der Waals surface area contributed by atoms with Crippen molar-refractivity contribution in [2.24, 2.45) is 0 Å². The number of benzene rings is 1. The Morgan fingerprint density at radius 1 is 1.41 bits per heavy atom. The average Bonchev–Trinajstić information content (AvgIpc) is 2.18. The van der Waals surface area contributed by atoms with Crippen LogP contribution in [-0.2, 0) is 0 Å². The van der Waals surface area contributed by atoms with Crippen molar-refractivity contribution in [2.75, 3.05) is 13.6 Å². The molecular weight excluding hydrogens is 224 g/mol. The molecule has 0 N–H and O–H groups in total. The molecule has 1 aromatic rings. The van der Waals surface area contributed by atoms with Gasteiger partial charge in [-0.3, -0.25) is 9.69 Å². The van der Waals surface area contributed by atoms with Crippen LogP contribution in [0.25, 0.3) is 0 Å². The maximum Gasteiger partial charge on any atom is 0.179 e. The maximum absolute atomic E-state index is 13.4. The van der Waals surface area contributed by atoms with Crippen molar-refractivity contribution in [2.45, 2.75) is 25.3 Å². The molecular formula is C13H15F2NO. The fraction of sp³-hybridized carbons (Fsp3) is 0.462. The van der Waals surface area contributed by atoms with Crippen LogP contribution in [0, 0.1) is 11.6 Å². The number of Topliss-reactive ketones (excluding diaryl/α,β-unsaturated/α-hetero) is 1. The minimum absolute atomic E-state index is 0.144. The average molecular weight is 239 g/mol. The summed E-state index contributed by atoms with van der Waals surface area (Å²) >= 11 is 0. The lowest BCUT2D eigenvalue weighted by Gasteiger charge is -2.34. The van der Waals surface area contributed by atoms with Gasteiger partial charge in [-0.25, -0.2) is 8.78 Å². The third kappa shape index (κ3) is 2.69. The zero-order valence-corrected chi connectivity index (χ0v) is 9.75. The van der Waals surface area contributed by atoms with Gasteiger partial charge in [0.2, 0.25) is 0 Å². The van der Waals surface area contributed by atoms with E-state index in [1.54, 1.807) is 0 Å².